The molecule has 22 heavy (non-hydrogen) atoms. The maximum absolute atomic E-state index is 12.1. The average Bonchev–Trinajstić information content (AvgIpc) is 2.86. The largest absolute Gasteiger partial charge is 0.460 e. The van der Waals surface area contributed by atoms with Crippen molar-refractivity contribution in [1.29, 1.82) is 0 Å². The monoisotopic (exact) mass is 363 g/mol. The number of carbonyl (C=O) groups is 1. The van der Waals surface area contributed by atoms with E-state index < -0.39 is 5.60 Å². The number of rotatable bonds is 6. The molecule has 0 saturated heterocycles. The Bertz CT molecular complexity index is 665. The van der Waals surface area contributed by atoms with Crippen LogP contribution < -0.4 is 10.1 Å². The van der Waals surface area contributed by atoms with E-state index in [1.807, 2.05) is 30.3 Å². The summed E-state index contributed by atoms with van der Waals surface area (Å²) in [6, 6.07) is 9.67. The normalized spacial score (nSPS) is 11.0. The lowest BCUT2D eigenvalue weighted by molar-refractivity contribution is -0.134. The van der Waals surface area contributed by atoms with Gasteiger partial charge in [0.1, 0.15) is 0 Å². The average molecular weight is 364 g/mol. The zero-order valence-corrected chi connectivity index (χ0v) is 14.1. The van der Waals surface area contributed by atoms with E-state index in [1.165, 1.54) is 0 Å². The van der Waals surface area contributed by atoms with Crippen molar-refractivity contribution >= 4 is 21.8 Å². The number of nitrogens with zero attached hydrogens (tertiary/aromatic N) is 2. The molecule has 0 spiro atoms. The molecular weight excluding hydrogens is 346 g/mol. The number of aromatic nitrogens is 2. The highest BCUT2D eigenvalue weighted by atomic mass is 79.9. The topological polar surface area (TPSA) is 56.1 Å². The molecule has 0 aliphatic heterocycles. The number of nitrogens with one attached hydrogen (secondary N) is 1. The lowest BCUT2D eigenvalue weighted by atomic mass is 10.1. The van der Waals surface area contributed by atoms with E-state index in [9.17, 15) is 4.79 Å². The number of halogens is 1. The van der Waals surface area contributed by atoms with E-state index in [1.54, 1.807) is 30.8 Å². The molecule has 0 bridgehead atoms. The summed E-state index contributed by atoms with van der Waals surface area (Å²) in [5.41, 5.74) is -0.131. The van der Waals surface area contributed by atoms with Crippen LogP contribution in [0.15, 0.2) is 53.7 Å². The van der Waals surface area contributed by atoms with Crippen molar-refractivity contribution in [3.63, 3.8) is 0 Å². The van der Waals surface area contributed by atoms with Gasteiger partial charge in [-0.05, 0) is 41.9 Å². The summed E-state index contributed by atoms with van der Waals surface area (Å²) < 4.78 is 8.14. The quantitative estimate of drug-likeness (QED) is 0.802. The molecule has 5 nitrogen and oxygen atoms in total. The van der Waals surface area contributed by atoms with Gasteiger partial charge in [0.25, 0.3) is 5.91 Å². The van der Waals surface area contributed by atoms with Crippen LogP contribution in [0, 0.1) is 0 Å². The van der Waals surface area contributed by atoms with Gasteiger partial charge < -0.3 is 10.1 Å². The summed E-state index contributed by atoms with van der Waals surface area (Å²) in [7, 11) is 0. The highest BCUT2D eigenvalue weighted by Crippen LogP contribution is 2.28. The first-order valence-electron chi connectivity index (χ1n) is 6.83. The Morgan fingerprint density at radius 2 is 2.14 bits per heavy atom. The molecule has 0 saturated carbocycles. The van der Waals surface area contributed by atoms with Gasteiger partial charge >= 0.3 is 0 Å². The van der Waals surface area contributed by atoms with E-state index in [0.29, 0.717) is 16.9 Å². The van der Waals surface area contributed by atoms with Gasteiger partial charge in [-0.3, -0.25) is 4.79 Å². The smallest absolute Gasteiger partial charge is 0.263 e. The fourth-order valence-electron chi connectivity index (χ4n) is 1.78. The van der Waals surface area contributed by atoms with Crippen molar-refractivity contribution in [3.8, 4) is 11.6 Å². The first kappa shape index (κ1) is 16.3. The molecule has 2 rings (SSSR count). The summed E-state index contributed by atoms with van der Waals surface area (Å²) in [4.78, 5) is 12.1. The van der Waals surface area contributed by atoms with Crippen LogP contribution in [0.25, 0.3) is 5.69 Å². The molecule has 1 amide bonds. The van der Waals surface area contributed by atoms with Crippen molar-refractivity contribution < 1.29 is 9.53 Å². The number of amides is 1. The number of para-hydroxylation sites is 1. The second-order valence-electron chi connectivity index (χ2n) is 5.17. The zero-order chi connectivity index (χ0) is 16.2. The minimum absolute atomic E-state index is 0.228. The van der Waals surface area contributed by atoms with Crippen LogP contribution in [-0.4, -0.2) is 27.8 Å². The highest BCUT2D eigenvalue weighted by Gasteiger charge is 2.31. The van der Waals surface area contributed by atoms with Crippen LogP contribution in [0.2, 0.25) is 0 Å². The summed E-state index contributed by atoms with van der Waals surface area (Å²) >= 11 is 3.41. The predicted octanol–water partition coefficient (Wildman–Crippen LogP) is 3.09. The molecule has 2 aromatic rings. The second-order valence-corrected chi connectivity index (χ2v) is 6.03. The van der Waals surface area contributed by atoms with Crippen molar-refractivity contribution in [3.05, 3.63) is 53.7 Å². The Labute approximate surface area is 138 Å². The van der Waals surface area contributed by atoms with Crippen molar-refractivity contribution in [2.24, 2.45) is 0 Å². The number of ether oxygens (including phenoxy) is 1. The highest BCUT2D eigenvalue weighted by molar-refractivity contribution is 9.10. The van der Waals surface area contributed by atoms with Crippen LogP contribution >= 0.6 is 15.9 Å². The van der Waals surface area contributed by atoms with Crippen LogP contribution in [-0.2, 0) is 4.79 Å². The van der Waals surface area contributed by atoms with Gasteiger partial charge in [-0.25, -0.2) is 4.68 Å². The van der Waals surface area contributed by atoms with Gasteiger partial charge in [-0.2, -0.15) is 0 Å². The maximum Gasteiger partial charge on any atom is 0.263 e. The van der Waals surface area contributed by atoms with Crippen molar-refractivity contribution in [2.45, 2.75) is 19.4 Å². The van der Waals surface area contributed by atoms with Gasteiger partial charge in [0.05, 0.1) is 10.2 Å². The fraction of sp³-hybridized carbons (Fsp3) is 0.250. The molecule has 0 unspecified atom stereocenters. The van der Waals surface area contributed by atoms with E-state index in [2.05, 4.69) is 32.9 Å². The number of carbonyl (C=O) groups excluding carboxylic acids is 1. The summed E-state index contributed by atoms with van der Waals surface area (Å²) in [5, 5.41) is 7.09. The molecule has 0 aliphatic carbocycles. The van der Waals surface area contributed by atoms with Gasteiger partial charge in [0, 0.05) is 12.7 Å². The first-order valence-corrected chi connectivity index (χ1v) is 7.62. The third-order valence-corrected chi connectivity index (χ3v) is 3.51. The Morgan fingerprint density at radius 3 is 2.77 bits per heavy atom. The minimum atomic E-state index is -1.04. The number of benzene rings is 1. The molecule has 1 heterocycles. The molecule has 116 valence electrons. The van der Waals surface area contributed by atoms with Gasteiger partial charge in [0.15, 0.2) is 5.60 Å². The minimum Gasteiger partial charge on any atom is -0.460 e. The fourth-order valence-corrected chi connectivity index (χ4v) is 2.14. The molecule has 1 aromatic heterocycles. The van der Waals surface area contributed by atoms with Gasteiger partial charge in [0.2, 0.25) is 5.88 Å². The third kappa shape index (κ3) is 3.76. The molecule has 1 aromatic carbocycles. The predicted molar refractivity (Wildman–Crippen MR) is 89.2 cm³/mol. The second kappa shape index (κ2) is 6.79. The van der Waals surface area contributed by atoms with Crippen LogP contribution in [0.4, 0.5) is 0 Å². The van der Waals surface area contributed by atoms with Gasteiger partial charge in [-0.15, -0.1) is 11.7 Å². The van der Waals surface area contributed by atoms with Crippen LogP contribution in [0.3, 0.4) is 0 Å². The standard InChI is InChI=1S/C16H18BrN3O2/c1-4-10-18-15(21)16(2,3)22-14-13(17)11-20(19-14)12-8-6-5-7-9-12/h4-9,11H,1,10H2,2-3H3,(H,18,21). The van der Waals surface area contributed by atoms with Crippen LogP contribution in [0.5, 0.6) is 5.88 Å². The molecule has 0 fully saturated rings. The Balaban J connectivity index is 2.18. The Hall–Kier alpha value is -2.08. The zero-order valence-electron chi connectivity index (χ0n) is 12.5. The lowest BCUT2D eigenvalue weighted by Crippen LogP contribution is -2.46. The van der Waals surface area contributed by atoms with E-state index >= 15 is 0 Å². The molecule has 0 radical (unpaired) electrons. The van der Waals surface area contributed by atoms with Crippen molar-refractivity contribution in [2.75, 3.05) is 6.54 Å². The van der Waals surface area contributed by atoms with E-state index in [-0.39, 0.29) is 5.91 Å². The third-order valence-electron chi connectivity index (χ3n) is 2.96. The lowest BCUT2D eigenvalue weighted by Gasteiger charge is -2.23. The molecule has 0 aliphatic rings. The van der Waals surface area contributed by atoms with E-state index in [0.717, 1.165) is 5.69 Å². The van der Waals surface area contributed by atoms with Gasteiger partial charge in [-0.1, -0.05) is 24.3 Å². The molecule has 1 N–H and O–H groups in total. The Kier molecular flexibility index (Phi) is 5.03. The molecular formula is C16H18BrN3O2. The maximum atomic E-state index is 12.1. The summed E-state index contributed by atoms with van der Waals surface area (Å²) in [5.74, 6) is 0.135. The van der Waals surface area contributed by atoms with Crippen LogP contribution in [0.1, 0.15) is 13.8 Å². The number of hydrogen-bond donors (Lipinski definition) is 1. The summed E-state index contributed by atoms with van der Waals surface area (Å²) in [6.45, 7) is 7.35. The summed E-state index contributed by atoms with van der Waals surface area (Å²) in [6.07, 6.45) is 3.41. The van der Waals surface area contributed by atoms with E-state index in [4.69, 9.17) is 4.74 Å². The molecule has 0 atom stereocenters. The molecule has 6 heteroatoms. The SMILES string of the molecule is C=CCNC(=O)C(C)(C)Oc1nn(-c2ccccc2)cc1Br. The first-order chi connectivity index (χ1) is 10.4. The Morgan fingerprint density at radius 1 is 1.45 bits per heavy atom. The van der Waals surface area contributed by atoms with Crippen molar-refractivity contribution in [1.82, 2.24) is 15.1 Å². The number of hydrogen-bond acceptors (Lipinski definition) is 3.